The number of carbonyl (C=O) groups is 2. The summed E-state index contributed by atoms with van der Waals surface area (Å²) in [6.45, 7) is 4.91. The van der Waals surface area contributed by atoms with Crippen LogP contribution < -0.4 is 14.4 Å². The smallest absolute Gasteiger partial charge is 0.264 e. The number of halogens is 1. The molecule has 2 amide bonds. The Bertz CT molecular complexity index is 1350. The maximum Gasteiger partial charge on any atom is 0.264 e. The van der Waals surface area contributed by atoms with Crippen molar-refractivity contribution in [2.45, 2.75) is 44.3 Å². The fourth-order valence-electron chi connectivity index (χ4n) is 3.80. The molecule has 0 fully saturated rings. The lowest BCUT2D eigenvalue weighted by atomic mass is 10.1. The van der Waals surface area contributed by atoms with E-state index < -0.39 is 28.5 Å². The van der Waals surface area contributed by atoms with Crippen LogP contribution in [0.3, 0.4) is 0 Å². The predicted octanol–water partition coefficient (Wildman–Crippen LogP) is 4.59. The largest absolute Gasteiger partial charge is 0.497 e. The Morgan fingerprint density at radius 2 is 1.61 bits per heavy atom. The molecule has 0 saturated carbocycles. The summed E-state index contributed by atoms with van der Waals surface area (Å²) in [5, 5.41) is 2.84. The van der Waals surface area contributed by atoms with Crippen molar-refractivity contribution >= 4 is 43.5 Å². The van der Waals surface area contributed by atoms with Gasteiger partial charge < -0.3 is 15.0 Å². The molecule has 0 unspecified atom stereocenters. The van der Waals surface area contributed by atoms with Gasteiger partial charge in [0.05, 0.1) is 17.7 Å². The van der Waals surface area contributed by atoms with Crippen molar-refractivity contribution in [3.8, 4) is 5.75 Å². The van der Waals surface area contributed by atoms with Gasteiger partial charge in [-0.15, -0.1) is 0 Å². The van der Waals surface area contributed by atoms with Gasteiger partial charge in [0.25, 0.3) is 10.0 Å². The molecule has 3 aromatic rings. The molecule has 0 aromatic heterocycles. The SMILES string of the molecule is COc1ccc(CN(C(=O)CN(c2cccc(Br)c2)S(=O)(=O)c2ccccc2)[C@@H](C)C(=O)NC(C)C)cc1. The van der Waals surface area contributed by atoms with Gasteiger partial charge in [-0.25, -0.2) is 8.42 Å². The number of nitrogens with zero attached hydrogens (tertiary/aromatic N) is 2. The molecule has 0 heterocycles. The Morgan fingerprint density at radius 3 is 2.18 bits per heavy atom. The molecule has 0 bridgehead atoms. The number of ether oxygens (including phenoxy) is 1. The van der Waals surface area contributed by atoms with Crippen molar-refractivity contribution in [1.82, 2.24) is 10.2 Å². The second-order valence-corrected chi connectivity index (χ2v) is 11.8. The quantitative estimate of drug-likeness (QED) is 0.347. The van der Waals surface area contributed by atoms with Crippen LogP contribution in [0.4, 0.5) is 5.69 Å². The summed E-state index contributed by atoms with van der Waals surface area (Å²) in [5.41, 5.74) is 1.09. The summed E-state index contributed by atoms with van der Waals surface area (Å²) < 4.78 is 34.4. The molecule has 10 heteroatoms. The zero-order chi connectivity index (χ0) is 27.9. The van der Waals surface area contributed by atoms with Crippen LogP contribution >= 0.6 is 15.9 Å². The lowest BCUT2D eigenvalue weighted by Crippen LogP contribution is -2.52. The highest BCUT2D eigenvalue weighted by atomic mass is 79.9. The minimum Gasteiger partial charge on any atom is -0.497 e. The fourth-order valence-corrected chi connectivity index (χ4v) is 5.61. The predicted molar refractivity (Wildman–Crippen MR) is 151 cm³/mol. The summed E-state index contributed by atoms with van der Waals surface area (Å²) in [6, 6.07) is 20.8. The van der Waals surface area contributed by atoms with Gasteiger partial charge in [0.2, 0.25) is 11.8 Å². The molecule has 202 valence electrons. The van der Waals surface area contributed by atoms with E-state index in [2.05, 4.69) is 21.2 Å². The van der Waals surface area contributed by atoms with E-state index in [9.17, 15) is 18.0 Å². The van der Waals surface area contributed by atoms with E-state index in [0.717, 1.165) is 9.87 Å². The van der Waals surface area contributed by atoms with Crippen LogP contribution in [-0.2, 0) is 26.2 Å². The summed E-state index contributed by atoms with van der Waals surface area (Å²) in [4.78, 5) is 28.2. The summed E-state index contributed by atoms with van der Waals surface area (Å²) in [7, 11) is -2.54. The van der Waals surface area contributed by atoms with Gasteiger partial charge in [-0.1, -0.05) is 52.3 Å². The first kappa shape index (κ1) is 29.2. The minimum absolute atomic E-state index is 0.0556. The number of methoxy groups -OCH3 is 1. The number of benzene rings is 3. The van der Waals surface area contributed by atoms with E-state index in [1.54, 1.807) is 80.8 Å². The van der Waals surface area contributed by atoms with Gasteiger partial charge in [0.1, 0.15) is 18.3 Å². The van der Waals surface area contributed by atoms with Gasteiger partial charge >= 0.3 is 0 Å². The minimum atomic E-state index is -4.10. The van der Waals surface area contributed by atoms with Crippen molar-refractivity contribution in [2.24, 2.45) is 0 Å². The molecule has 0 aliphatic carbocycles. The zero-order valence-electron chi connectivity index (χ0n) is 21.8. The van der Waals surface area contributed by atoms with E-state index in [1.165, 1.54) is 17.0 Å². The monoisotopic (exact) mass is 601 g/mol. The van der Waals surface area contributed by atoms with E-state index in [1.807, 2.05) is 13.8 Å². The summed E-state index contributed by atoms with van der Waals surface area (Å²) >= 11 is 3.39. The van der Waals surface area contributed by atoms with Gasteiger partial charge in [0, 0.05) is 17.1 Å². The number of nitrogens with one attached hydrogen (secondary N) is 1. The Morgan fingerprint density at radius 1 is 0.947 bits per heavy atom. The first-order chi connectivity index (χ1) is 18.0. The number of rotatable bonds is 11. The van der Waals surface area contributed by atoms with Gasteiger partial charge in [-0.05, 0) is 68.8 Å². The molecule has 0 spiro atoms. The molecule has 3 aromatic carbocycles. The second-order valence-electron chi connectivity index (χ2n) is 9.01. The lowest BCUT2D eigenvalue weighted by Gasteiger charge is -2.32. The van der Waals surface area contributed by atoms with Gasteiger partial charge in [-0.2, -0.15) is 0 Å². The average Bonchev–Trinajstić information content (AvgIpc) is 2.90. The molecule has 38 heavy (non-hydrogen) atoms. The Kier molecular flexibility index (Phi) is 9.93. The number of carbonyl (C=O) groups excluding carboxylic acids is 2. The standard InChI is InChI=1S/C28H32BrN3O5S/c1-20(2)30-28(34)21(3)31(18-22-13-15-25(37-4)16-14-22)27(33)19-32(24-10-8-9-23(29)17-24)38(35,36)26-11-6-5-7-12-26/h5-17,20-21H,18-19H2,1-4H3,(H,30,34)/t21-/m0/s1. The number of hydrogen-bond acceptors (Lipinski definition) is 5. The normalized spacial score (nSPS) is 12.1. The van der Waals surface area contributed by atoms with Crippen LogP contribution in [0.15, 0.2) is 88.2 Å². The molecule has 1 N–H and O–H groups in total. The van der Waals surface area contributed by atoms with Crippen LogP contribution in [0, 0.1) is 0 Å². The van der Waals surface area contributed by atoms with Crippen molar-refractivity contribution in [2.75, 3.05) is 18.0 Å². The van der Waals surface area contributed by atoms with E-state index in [4.69, 9.17) is 4.74 Å². The summed E-state index contributed by atoms with van der Waals surface area (Å²) in [5.74, 6) is -0.194. The number of anilines is 1. The number of hydrogen-bond donors (Lipinski definition) is 1. The summed E-state index contributed by atoms with van der Waals surface area (Å²) in [6.07, 6.45) is 0. The molecule has 8 nitrogen and oxygen atoms in total. The first-order valence-corrected chi connectivity index (χ1v) is 14.3. The molecule has 0 aliphatic rings. The molecule has 0 saturated heterocycles. The Labute approximate surface area is 232 Å². The van der Waals surface area contributed by atoms with Crippen molar-refractivity contribution < 1.29 is 22.7 Å². The maximum absolute atomic E-state index is 13.9. The van der Waals surface area contributed by atoms with Crippen molar-refractivity contribution in [3.63, 3.8) is 0 Å². The van der Waals surface area contributed by atoms with Crippen LogP contribution in [0.5, 0.6) is 5.75 Å². The van der Waals surface area contributed by atoms with Crippen molar-refractivity contribution in [3.05, 3.63) is 88.9 Å². The van der Waals surface area contributed by atoms with Crippen LogP contribution in [0.25, 0.3) is 0 Å². The van der Waals surface area contributed by atoms with Crippen LogP contribution in [0.2, 0.25) is 0 Å². The molecule has 1 atom stereocenters. The average molecular weight is 603 g/mol. The third-order valence-electron chi connectivity index (χ3n) is 5.82. The number of sulfonamides is 1. The Balaban J connectivity index is 2.01. The van der Waals surface area contributed by atoms with E-state index >= 15 is 0 Å². The first-order valence-electron chi connectivity index (χ1n) is 12.1. The molecular weight excluding hydrogens is 570 g/mol. The highest BCUT2D eigenvalue weighted by Crippen LogP contribution is 2.27. The van der Waals surface area contributed by atoms with Gasteiger partial charge in [-0.3, -0.25) is 13.9 Å². The van der Waals surface area contributed by atoms with Gasteiger partial charge in [0.15, 0.2) is 0 Å². The second kappa shape index (κ2) is 12.9. The van der Waals surface area contributed by atoms with Crippen molar-refractivity contribution in [1.29, 1.82) is 0 Å². The molecule has 0 aliphatic heterocycles. The topological polar surface area (TPSA) is 96.0 Å². The van der Waals surface area contributed by atoms with Crippen LogP contribution in [-0.4, -0.2) is 50.9 Å². The maximum atomic E-state index is 13.9. The van der Waals surface area contributed by atoms with E-state index in [-0.39, 0.29) is 23.4 Å². The zero-order valence-corrected chi connectivity index (χ0v) is 24.2. The molecular formula is C28H32BrN3O5S. The highest BCUT2D eigenvalue weighted by molar-refractivity contribution is 9.10. The van der Waals surface area contributed by atoms with E-state index in [0.29, 0.717) is 15.9 Å². The fraction of sp³-hybridized carbons (Fsp3) is 0.286. The lowest BCUT2D eigenvalue weighted by molar-refractivity contribution is -0.139. The molecule has 0 radical (unpaired) electrons. The third-order valence-corrected chi connectivity index (χ3v) is 8.10. The molecule has 3 rings (SSSR count). The third kappa shape index (κ3) is 7.35. The highest BCUT2D eigenvalue weighted by Gasteiger charge is 2.32. The van der Waals surface area contributed by atoms with Crippen LogP contribution in [0.1, 0.15) is 26.3 Å². The Hall–Kier alpha value is -3.37. The number of amides is 2.